The first-order valence-electron chi connectivity index (χ1n) is 6.52. The minimum absolute atomic E-state index is 0.0890. The number of hydrogen-bond acceptors (Lipinski definition) is 1. The van der Waals surface area contributed by atoms with Gasteiger partial charge in [-0.1, -0.05) is 17.7 Å². The average molecular weight is 351 g/mol. The molecular formula is C16H13BrClNO. The molecule has 2 aromatic carbocycles. The molecule has 1 aliphatic carbocycles. The van der Waals surface area contributed by atoms with E-state index in [9.17, 15) is 4.79 Å². The summed E-state index contributed by atoms with van der Waals surface area (Å²) < 4.78 is 0.769. The second-order valence-corrected chi connectivity index (χ2v) is 6.18. The summed E-state index contributed by atoms with van der Waals surface area (Å²) in [4.78, 5) is 12.3. The van der Waals surface area contributed by atoms with Gasteiger partial charge in [0.05, 0.1) is 5.02 Å². The van der Waals surface area contributed by atoms with Crippen LogP contribution in [0.1, 0.15) is 27.9 Å². The Bertz CT molecular complexity index is 684. The topological polar surface area (TPSA) is 29.1 Å². The van der Waals surface area contributed by atoms with Crippen molar-refractivity contribution in [1.29, 1.82) is 0 Å². The van der Waals surface area contributed by atoms with Gasteiger partial charge in [0.2, 0.25) is 0 Å². The van der Waals surface area contributed by atoms with E-state index in [0.29, 0.717) is 10.6 Å². The molecule has 0 heterocycles. The molecule has 20 heavy (non-hydrogen) atoms. The van der Waals surface area contributed by atoms with E-state index in [1.807, 2.05) is 12.1 Å². The maximum absolute atomic E-state index is 12.3. The van der Waals surface area contributed by atoms with Crippen molar-refractivity contribution < 1.29 is 4.79 Å². The van der Waals surface area contributed by atoms with Crippen molar-refractivity contribution >= 4 is 39.1 Å². The van der Waals surface area contributed by atoms with Gasteiger partial charge in [-0.2, -0.15) is 0 Å². The second kappa shape index (κ2) is 5.58. The van der Waals surface area contributed by atoms with Crippen molar-refractivity contribution in [2.45, 2.75) is 19.3 Å². The van der Waals surface area contributed by atoms with Crippen LogP contribution in [0.3, 0.4) is 0 Å². The molecule has 0 fully saturated rings. The molecule has 1 amide bonds. The summed E-state index contributed by atoms with van der Waals surface area (Å²) in [6.45, 7) is 0. The molecule has 0 aliphatic heterocycles. The molecule has 0 aromatic heterocycles. The van der Waals surface area contributed by atoms with E-state index < -0.39 is 0 Å². The zero-order valence-corrected chi connectivity index (χ0v) is 13.1. The van der Waals surface area contributed by atoms with Crippen LogP contribution in [0.2, 0.25) is 5.02 Å². The summed E-state index contributed by atoms with van der Waals surface area (Å²) in [7, 11) is 0. The lowest BCUT2D eigenvalue weighted by Crippen LogP contribution is -2.12. The van der Waals surface area contributed by atoms with Crippen LogP contribution >= 0.6 is 27.5 Å². The highest BCUT2D eigenvalue weighted by Gasteiger charge is 2.14. The number of carbonyl (C=O) groups excluding carboxylic acids is 1. The molecule has 2 nitrogen and oxygen atoms in total. The first-order chi connectivity index (χ1) is 9.63. The molecule has 0 unspecified atom stereocenters. The minimum Gasteiger partial charge on any atom is -0.322 e. The molecule has 0 saturated heterocycles. The van der Waals surface area contributed by atoms with E-state index in [0.717, 1.165) is 23.0 Å². The maximum Gasteiger partial charge on any atom is 0.255 e. The first-order valence-corrected chi connectivity index (χ1v) is 7.69. The number of halogens is 2. The molecule has 0 bridgehead atoms. The van der Waals surface area contributed by atoms with Crippen molar-refractivity contribution in [1.82, 2.24) is 0 Å². The number of carbonyl (C=O) groups is 1. The van der Waals surface area contributed by atoms with E-state index in [1.165, 1.54) is 17.5 Å². The Kier molecular flexibility index (Phi) is 3.81. The molecule has 2 aromatic rings. The summed E-state index contributed by atoms with van der Waals surface area (Å²) in [6.07, 6.45) is 3.38. The van der Waals surface area contributed by atoms with Crippen LogP contribution in [0.25, 0.3) is 0 Å². The third-order valence-corrected chi connectivity index (χ3v) is 4.75. The fourth-order valence-electron chi connectivity index (χ4n) is 2.49. The van der Waals surface area contributed by atoms with Crippen molar-refractivity contribution in [3.8, 4) is 0 Å². The Hall–Kier alpha value is -1.32. The molecule has 1 N–H and O–H groups in total. The number of rotatable bonds is 2. The van der Waals surface area contributed by atoms with Crippen molar-refractivity contribution in [3.05, 3.63) is 62.6 Å². The van der Waals surface area contributed by atoms with Gasteiger partial charge < -0.3 is 5.32 Å². The van der Waals surface area contributed by atoms with Gasteiger partial charge >= 0.3 is 0 Å². The molecule has 0 atom stereocenters. The molecule has 0 spiro atoms. The maximum atomic E-state index is 12.3. The Morgan fingerprint density at radius 2 is 1.90 bits per heavy atom. The van der Waals surface area contributed by atoms with Gasteiger partial charge in [0.15, 0.2) is 0 Å². The number of anilines is 1. The van der Waals surface area contributed by atoms with Crippen LogP contribution in [-0.4, -0.2) is 5.91 Å². The number of nitrogens with one attached hydrogen (secondary N) is 1. The normalized spacial score (nSPS) is 13.1. The van der Waals surface area contributed by atoms with Gasteiger partial charge in [-0.3, -0.25) is 4.79 Å². The predicted octanol–water partition coefficient (Wildman–Crippen LogP) is 4.84. The lowest BCUT2D eigenvalue weighted by Gasteiger charge is -2.08. The van der Waals surface area contributed by atoms with E-state index >= 15 is 0 Å². The summed E-state index contributed by atoms with van der Waals surface area (Å²) >= 11 is 9.29. The van der Waals surface area contributed by atoms with Crippen LogP contribution < -0.4 is 5.32 Å². The average Bonchev–Trinajstić information content (AvgIpc) is 2.90. The van der Waals surface area contributed by atoms with Crippen LogP contribution in [0.5, 0.6) is 0 Å². The molecule has 1 aliphatic rings. The predicted molar refractivity (Wildman–Crippen MR) is 85.6 cm³/mol. The van der Waals surface area contributed by atoms with Crippen molar-refractivity contribution in [2.24, 2.45) is 0 Å². The number of fused-ring (bicyclic) bond motifs is 1. The van der Waals surface area contributed by atoms with E-state index in [4.69, 9.17) is 11.6 Å². The largest absolute Gasteiger partial charge is 0.322 e. The Labute approximate surface area is 131 Å². The zero-order valence-electron chi connectivity index (χ0n) is 10.7. The van der Waals surface area contributed by atoms with Gasteiger partial charge in [0, 0.05) is 15.7 Å². The third kappa shape index (κ3) is 2.74. The van der Waals surface area contributed by atoms with E-state index in [1.54, 1.807) is 18.2 Å². The highest BCUT2D eigenvalue weighted by atomic mass is 79.9. The first kappa shape index (κ1) is 13.7. The highest BCUT2D eigenvalue weighted by Crippen LogP contribution is 2.26. The number of hydrogen-bond donors (Lipinski definition) is 1. The lowest BCUT2D eigenvalue weighted by molar-refractivity contribution is 0.102. The van der Waals surface area contributed by atoms with Crippen LogP contribution in [0, 0.1) is 0 Å². The highest BCUT2D eigenvalue weighted by molar-refractivity contribution is 9.10. The molecule has 0 saturated carbocycles. The van der Waals surface area contributed by atoms with Gasteiger partial charge in [0.1, 0.15) is 0 Å². The molecular weight excluding hydrogens is 338 g/mol. The van der Waals surface area contributed by atoms with Gasteiger partial charge in [-0.15, -0.1) is 0 Å². The fraction of sp³-hybridized carbons (Fsp3) is 0.188. The lowest BCUT2D eigenvalue weighted by atomic mass is 10.1. The zero-order chi connectivity index (χ0) is 14.1. The quantitative estimate of drug-likeness (QED) is 0.824. The summed E-state index contributed by atoms with van der Waals surface area (Å²) in [5, 5.41) is 3.52. The van der Waals surface area contributed by atoms with Gasteiger partial charge in [-0.25, -0.2) is 0 Å². The van der Waals surface area contributed by atoms with Crippen LogP contribution in [-0.2, 0) is 12.8 Å². The fourth-order valence-corrected chi connectivity index (χ4v) is 2.99. The Morgan fingerprint density at radius 3 is 2.70 bits per heavy atom. The Morgan fingerprint density at radius 1 is 1.10 bits per heavy atom. The number of amides is 1. The molecule has 4 heteroatoms. The monoisotopic (exact) mass is 349 g/mol. The van der Waals surface area contributed by atoms with Crippen molar-refractivity contribution in [2.75, 3.05) is 5.32 Å². The van der Waals surface area contributed by atoms with E-state index in [-0.39, 0.29) is 5.91 Å². The summed E-state index contributed by atoms with van der Waals surface area (Å²) in [5.41, 5.74) is 4.11. The number of benzene rings is 2. The third-order valence-electron chi connectivity index (χ3n) is 3.54. The number of aryl methyl sites for hydroxylation is 2. The Balaban J connectivity index is 1.80. The van der Waals surface area contributed by atoms with Crippen LogP contribution in [0.15, 0.2) is 40.9 Å². The summed E-state index contributed by atoms with van der Waals surface area (Å²) in [5.74, 6) is -0.0890. The van der Waals surface area contributed by atoms with Gasteiger partial charge in [0.25, 0.3) is 5.91 Å². The van der Waals surface area contributed by atoms with Gasteiger partial charge in [-0.05, 0) is 76.7 Å². The standard InChI is InChI=1S/C16H13BrClNO/c17-14-9-13(6-7-15(14)18)19-16(20)12-5-4-10-2-1-3-11(10)8-12/h4-9H,1-3H2,(H,19,20). The van der Waals surface area contributed by atoms with E-state index in [2.05, 4.69) is 27.3 Å². The minimum atomic E-state index is -0.0890. The summed E-state index contributed by atoms with van der Waals surface area (Å²) in [6, 6.07) is 11.3. The molecule has 3 rings (SSSR count). The molecule has 0 radical (unpaired) electrons. The van der Waals surface area contributed by atoms with Crippen LogP contribution in [0.4, 0.5) is 5.69 Å². The second-order valence-electron chi connectivity index (χ2n) is 4.92. The smallest absolute Gasteiger partial charge is 0.255 e. The SMILES string of the molecule is O=C(Nc1ccc(Cl)c(Br)c1)c1ccc2c(c1)CCC2. The molecule has 102 valence electrons. The van der Waals surface area contributed by atoms with Crippen molar-refractivity contribution in [3.63, 3.8) is 0 Å².